The molecule has 8 nitrogen and oxygen atoms in total. The first-order valence-corrected chi connectivity index (χ1v) is 9.70. The number of rotatable bonds is 5. The topological polar surface area (TPSA) is 119 Å². The Morgan fingerprint density at radius 1 is 1.30 bits per heavy atom. The summed E-state index contributed by atoms with van der Waals surface area (Å²) >= 11 is 0. The molecular weight excluding hydrogens is 392 g/mol. The van der Waals surface area contributed by atoms with Gasteiger partial charge in [0.25, 0.3) is 0 Å². The first kappa shape index (κ1) is 23.6. The lowest BCUT2D eigenvalue weighted by Gasteiger charge is -2.28. The van der Waals surface area contributed by atoms with E-state index in [4.69, 9.17) is 19.3 Å². The maximum absolute atomic E-state index is 12.5. The maximum atomic E-state index is 12.5. The van der Waals surface area contributed by atoms with Crippen molar-refractivity contribution < 1.29 is 38.8 Å². The SMILES string of the molecule is C=C1C(=O)O[C@@H]2C=C(C)[C@@H](OC(C)=O)C/C=C(\C)C[C@@H](OC(=O)/C(=C/CO)CO)[C@@H]12. The molecule has 0 bridgehead atoms. The average Bonchev–Trinajstić information content (AvgIpc) is 2.94. The van der Waals surface area contributed by atoms with E-state index < -0.39 is 55.4 Å². The number of aliphatic hydroxyl groups is 2. The number of hydrogen-bond acceptors (Lipinski definition) is 8. The van der Waals surface area contributed by atoms with Crippen molar-refractivity contribution in [1.82, 2.24) is 0 Å². The Labute approximate surface area is 175 Å². The molecule has 2 rings (SSSR count). The van der Waals surface area contributed by atoms with Gasteiger partial charge in [0.05, 0.1) is 24.7 Å². The summed E-state index contributed by atoms with van der Waals surface area (Å²) in [6.45, 7) is 7.76. The Balaban J connectivity index is 2.42. The summed E-state index contributed by atoms with van der Waals surface area (Å²) in [4.78, 5) is 36.2. The van der Waals surface area contributed by atoms with Gasteiger partial charge >= 0.3 is 17.9 Å². The third kappa shape index (κ3) is 5.67. The van der Waals surface area contributed by atoms with Gasteiger partial charge in [0, 0.05) is 25.3 Å². The van der Waals surface area contributed by atoms with Gasteiger partial charge in [-0.05, 0) is 31.6 Å². The standard InChI is InChI=1S/C22H28O8/c1-12-5-6-17(28-15(4)25)13(2)10-19-20(14(3)21(26)29-19)18(9-12)30-22(27)16(11-24)7-8-23/h5,7,10,17-20,23-24H,3,6,8-9,11H2,1-2,4H3/b12-5+,13-10?,16-7+/t17-,18+,19+,20+/m0/s1. The molecule has 0 amide bonds. The van der Waals surface area contributed by atoms with Crippen LogP contribution >= 0.6 is 0 Å². The summed E-state index contributed by atoms with van der Waals surface area (Å²) < 4.78 is 16.5. The fraction of sp³-hybridized carbons (Fsp3) is 0.500. The van der Waals surface area contributed by atoms with Crippen LogP contribution < -0.4 is 0 Å². The first-order valence-electron chi connectivity index (χ1n) is 9.70. The van der Waals surface area contributed by atoms with Gasteiger partial charge in [-0.25, -0.2) is 9.59 Å². The minimum absolute atomic E-state index is 0.0784. The zero-order valence-corrected chi connectivity index (χ0v) is 17.4. The van der Waals surface area contributed by atoms with Crippen LogP contribution in [0.5, 0.6) is 0 Å². The van der Waals surface area contributed by atoms with Crippen molar-refractivity contribution in [3.63, 3.8) is 0 Å². The van der Waals surface area contributed by atoms with Gasteiger partial charge in [-0.1, -0.05) is 18.2 Å². The predicted molar refractivity (Wildman–Crippen MR) is 107 cm³/mol. The lowest BCUT2D eigenvalue weighted by atomic mass is 9.85. The van der Waals surface area contributed by atoms with E-state index in [2.05, 4.69) is 6.58 Å². The summed E-state index contributed by atoms with van der Waals surface area (Å²) in [6, 6.07) is 0. The van der Waals surface area contributed by atoms with Gasteiger partial charge < -0.3 is 24.4 Å². The second-order valence-corrected chi connectivity index (χ2v) is 7.43. The van der Waals surface area contributed by atoms with Crippen molar-refractivity contribution in [3.8, 4) is 0 Å². The fourth-order valence-electron chi connectivity index (χ4n) is 3.56. The minimum Gasteiger partial charge on any atom is -0.458 e. The molecule has 0 spiro atoms. The lowest BCUT2D eigenvalue weighted by Crippen LogP contribution is -2.34. The largest absolute Gasteiger partial charge is 0.458 e. The van der Waals surface area contributed by atoms with E-state index >= 15 is 0 Å². The molecule has 4 atom stereocenters. The summed E-state index contributed by atoms with van der Waals surface area (Å²) in [5.74, 6) is -2.44. The Morgan fingerprint density at radius 3 is 2.60 bits per heavy atom. The van der Waals surface area contributed by atoms with E-state index in [-0.39, 0.29) is 11.1 Å². The van der Waals surface area contributed by atoms with E-state index in [1.807, 2.05) is 13.0 Å². The molecule has 1 saturated heterocycles. The molecule has 0 saturated carbocycles. The number of hydrogen-bond donors (Lipinski definition) is 2. The van der Waals surface area contributed by atoms with Crippen LogP contribution in [0, 0.1) is 5.92 Å². The smallest absolute Gasteiger partial charge is 0.336 e. The summed E-state index contributed by atoms with van der Waals surface area (Å²) in [5, 5.41) is 18.4. The Hall–Kier alpha value is -2.71. The van der Waals surface area contributed by atoms with Crippen LogP contribution in [0.3, 0.4) is 0 Å². The van der Waals surface area contributed by atoms with Crippen LogP contribution in [0.25, 0.3) is 0 Å². The summed E-state index contributed by atoms with van der Waals surface area (Å²) in [5.41, 5.74) is 1.67. The van der Waals surface area contributed by atoms with Crippen molar-refractivity contribution in [1.29, 1.82) is 0 Å². The lowest BCUT2D eigenvalue weighted by molar-refractivity contribution is -0.148. The Bertz CT molecular complexity index is 804. The van der Waals surface area contributed by atoms with E-state index in [0.29, 0.717) is 18.4 Å². The van der Waals surface area contributed by atoms with Gasteiger partial charge in [-0.15, -0.1) is 0 Å². The molecule has 2 aliphatic rings. The van der Waals surface area contributed by atoms with E-state index in [9.17, 15) is 19.5 Å². The molecule has 0 aromatic carbocycles. The van der Waals surface area contributed by atoms with Crippen molar-refractivity contribution >= 4 is 17.9 Å². The second kappa shape index (κ2) is 10.4. The fourth-order valence-corrected chi connectivity index (χ4v) is 3.56. The van der Waals surface area contributed by atoms with Crippen LogP contribution in [0.1, 0.15) is 33.6 Å². The quantitative estimate of drug-likeness (QED) is 0.297. The zero-order chi connectivity index (χ0) is 22.4. The number of esters is 3. The van der Waals surface area contributed by atoms with Gasteiger partial charge in [0.15, 0.2) is 0 Å². The van der Waals surface area contributed by atoms with Crippen molar-refractivity contribution in [2.45, 2.75) is 51.9 Å². The van der Waals surface area contributed by atoms with Crippen LogP contribution in [-0.4, -0.2) is 59.6 Å². The number of ether oxygens (including phenoxy) is 3. The molecule has 1 aliphatic heterocycles. The molecule has 8 heteroatoms. The third-order valence-corrected chi connectivity index (χ3v) is 5.14. The van der Waals surface area contributed by atoms with Crippen molar-refractivity contribution in [3.05, 3.63) is 47.1 Å². The number of carbonyl (C=O) groups is 3. The van der Waals surface area contributed by atoms with Crippen molar-refractivity contribution in [2.24, 2.45) is 5.92 Å². The number of carbonyl (C=O) groups excluding carboxylic acids is 3. The second-order valence-electron chi connectivity index (χ2n) is 7.43. The normalized spacial score (nSPS) is 29.2. The first-order chi connectivity index (χ1) is 14.2. The van der Waals surface area contributed by atoms with Crippen LogP contribution in [0.4, 0.5) is 0 Å². The Morgan fingerprint density at radius 2 is 2.00 bits per heavy atom. The van der Waals surface area contributed by atoms with E-state index in [1.54, 1.807) is 13.0 Å². The molecule has 1 aliphatic carbocycles. The van der Waals surface area contributed by atoms with Crippen molar-refractivity contribution in [2.75, 3.05) is 13.2 Å². The minimum atomic E-state index is -0.786. The molecule has 164 valence electrons. The van der Waals surface area contributed by atoms with Gasteiger partial charge in [0.1, 0.15) is 18.3 Å². The molecule has 1 fully saturated rings. The summed E-state index contributed by atoms with van der Waals surface area (Å²) in [6.07, 6.45) is 3.45. The molecular formula is C22H28O8. The third-order valence-electron chi connectivity index (χ3n) is 5.14. The van der Waals surface area contributed by atoms with E-state index in [0.717, 1.165) is 5.57 Å². The Kier molecular flexibility index (Phi) is 8.14. The number of fused-ring (bicyclic) bond motifs is 1. The van der Waals surface area contributed by atoms with Gasteiger partial charge in [0.2, 0.25) is 0 Å². The molecule has 0 aromatic heterocycles. The molecule has 0 radical (unpaired) electrons. The molecule has 0 unspecified atom stereocenters. The van der Waals surface area contributed by atoms with Crippen LogP contribution in [0.2, 0.25) is 0 Å². The highest BCUT2D eigenvalue weighted by molar-refractivity contribution is 5.92. The predicted octanol–water partition coefficient (Wildman–Crippen LogP) is 1.53. The molecule has 1 heterocycles. The maximum Gasteiger partial charge on any atom is 0.336 e. The van der Waals surface area contributed by atoms with Gasteiger partial charge in [-0.2, -0.15) is 0 Å². The molecule has 2 N–H and O–H groups in total. The van der Waals surface area contributed by atoms with Crippen LogP contribution in [-0.2, 0) is 28.6 Å². The zero-order valence-electron chi connectivity index (χ0n) is 17.4. The highest BCUT2D eigenvalue weighted by Crippen LogP contribution is 2.36. The average molecular weight is 420 g/mol. The molecule has 0 aromatic rings. The van der Waals surface area contributed by atoms with Crippen LogP contribution in [0.15, 0.2) is 47.1 Å². The highest BCUT2D eigenvalue weighted by atomic mass is 16.6. The molecule has 30 heavy (non-hydrogen) atoms. The monoisotopic (exact) mass is 420 g/mol. The number of aliphatic hydroxyl groups excluding tert-OH is 2. The highest BCUT2D eigenvalue weighted by Gasteiger charge is 2.45. The van der Waals surface area contributed by atoms with E-state index in [1.165, 1.54) is 13.0 Å². The summed E-state index contributed by atoms with van der Waals surface area (Å²) in [7, 11) is 0. The van der Waals surface area contributed by atoms with Gasteiger partial charge in [-0.3, -0.25) is 4.79 Å².